The fourth-order valence-electron chi connectivity index (χ4n) is 1.93. The van der Waals surface area contributed by atoms with Crippen molar-refractivity contribution in [3.63, 3.8) is 0 Å². The van der Waals surface area contributed by atoms with E-state index in [1.54, 1.807) is 18.2 Å². The molecule has 92 valence electrons. The van der Waals surface area contributed by atoms with Crippen molar-refractivity contribution in [2.24, 2.45) is 0 Å². The molecule has 2 rings (SSSR count). The predicted octanol–water partition coefficient (Wildman–Crippen LogP) is 2.51. The number of ether oxygens (including phenoxy) is 1. The van der Waals surface area contributed by atoms with Crippen LogP contribution < -0.4 is 0 Å². The molecule has 0 N–H and O–H groups in total. The van der Waals surface area contributed by atoms with Crippen LogP contribution in [0.15, 0.2) is 23.1 Å². The number of hydrogen-bond acceptors (Lipinski definition) is 4. The van der Waals surface area contributed by atoms with Crippen molar-refractivity contribution in [1.82, 2.24) is 0 Å². The number of nitriles is 1. The van der Waals surface area contributed by atoms with Crippen LogP contribution >= 0.6 is 11.8 Å². The molecular formula is C12H11BFNO2S. The molecule has 0 radical (unpaired) electrons. The Balaban J connectivity index is 2.35. The summed E-state index contributed by atoms with van der Waals surface area (Å²) < 4.78 is 18.3. The average molecular weight is 263 g/mol. The van der Waals surface area contributed by atoms with Crippen LogP contribution in [-0.4, -0.2) is 25.3 Å². The van der Waals surface area contributed by atoms with Crippen LogP contribution in [0.25, 0.3) is 0 Å². The molecule has 0 amide bonds. The second kappa shape index (κ2) is 5.45. The Labute approximate surface area is 109 Å². The maximum atomic E-state index is 13.7. The minimum absolute atomic E-state index is 0.226. The highest BCUT2D eigenvalue weighted by molar-refractivity contribution is 8.00. The Morgan fingerprint density at radius 2 is 2.44 bits per heavy atom. The number of fused-ring (bicyclic) bond motifs is 1. The quantitative estimate of drug-likeness (QED) is 0.577. The van der Waals surface area contributed by atoms with Crippen LogP contribution in [0, 0.1) is 11.2 Å². The molecule has 1 aromatic carbocycles. The van der Waals surface area contributed by atoms with Gasteiger partial charge < -0.3 is 4.74 Å². The Bertz CT molecular complexity index is 517. The van der Waals surface area contributed by atoms with Gasteiger partial charge in [0.2, 0.25) is 0 Å². The maximum absolute atomic E-state index is 13.7. The highest BCUT2D eigenvalue weighted by Crippen LogP contribution is 2.35. The topological polar surface area (TPSA) is 50.1 Å². The molecule has 1 aromatic rings. The Kier molecular flexibility index (Phi) is 3.92. The van der Waals surface area contributed by atoms with Gasteiger partial charge in [0.15, 0.2) is 0 Å². The van der Waals surface area contributed by atoms with Crippen molar-refractivity contribution in [2.75, 3.05) is 7.11 Å². The molecule has 0 bridgehead atoms. The normalized spacial score (nSPS) is 18.5. The smallest absolute Gasteiger partial charge is 0.337 e. The lowest BCUT2D eigenvalue weighted by Gasteiger charge is -2.08. The van der Waals surface area contributed by atoms with Gasteiger partial charge in [-0.1, -0.05) is 17.8 Å². The summed E-state index contributed by atoms with van der Waals surface area (Å²) in [6.45, 7) is -0.308. The molecule has 1 aliphatic heterocycles. The molecule has 1 heterocycles. The third kappa shape index (κ3) is 2.67. The van der Waals surface area contributed by atoms with E-state index in [2.05, 4.69) is 10.7 Å². The summed E-state index contributed by atoms with van der Waals surface area (Å²) in [5, 5.41) is 8.94. The molecule has 1 atom stereocenters. The molecule has 0 saturated heterocycles. The van der Waals surface area contributed by atoms with E-state index in [1.165, 1.54) is 7.11 Å². The van der Waals surface area contributed by atoms with Crippen molar-refractivity contribution < 1.29 is 13.9 Å². The molecule has 0 aliphatic carbocycles. The number of halogens is 1. The molecule has 3 nitrogen and oxygen atoms in total. The zero-order valence-electron chi connectivity index (χ0n) is 9.85. The van der Waals surface area contributed by atoms with Crippen LogP contribution in [0.1, 0.15) is 15.9 Å². The van der Waals surface area contributed by atoms with Crippen LogP contribution in [-0.2, 0) is 11.1 Å². The van der Waals surface area contributed by atoms with Gasteiger partial charge in [0, 0.05) is 10.9 Å². The second-order valence-electron chi connectivity index (χ2n) is 4.11. The number of hydrogen-bond donors (Lipinski definition) is 0. The Morgan fingerprint density at radius 3 is 3.11 bits per heavy atom. The standard InChI is InChI=1S/C12H11BFNO2S/c1-17-12(16)8-2-3-9-5-13(7-15)6-11(14)18-10(9)4-8/h2-4,11H,5-6H2,1H3. The zero-order chi connectivity index (χ0) is 13.1. The minimum atomic E-state index is -1.11. The van der Waals surface area contributed by atoms with E-state index in [4.69, 9.17) is 5.26 Å². The molecule has 6 heteroatoms. The molecule has 1 aliphatic rings. The largest absolute Gasteiger partial charge is 0.465 e. The summed E-state index contributed by atoms with van der Waals surface area (Å²) in [7, 11) is 1.31. The number of alkyl halides is 1. The maximum Gasteiger partial charge on any atom is 0.337 e. The van der Waals surface area contributed by atoms with Gasteiger partial charge in [-0.2, -0.15) is 0 Å². The van der Waals surface area contributed by atoms with Crippen molar-refractivity contribution >= 4 is 24.4 Å². The van der Waals surface area contributed by atoms with E-state index in [-0.39, 0.29) is 13.0 Å². The van der Waals surface area contributed by atoms with Gasteiger partial charge in [-0.15, -0.1) is 0 Å². The van der Waals surface area contributed by atoms with Gasteiger partial charge in [0.05, 0.1) is 12.7 Å². The van der Waals surface area contributed by atoms with Crippen molar-refractivity contribution in [1.29, 1.82) is 5.26 Å². The fraction of sp³-hybridized carbons (Fsp3) is 0.333. The summed E-state index contributed by atoms with van der Waals surface area (Å²) in [5.41, 5.74) is 0.217. The third-order valence-corrected chi connectivity index (χ3v) is 3.94. The molecule has 0 fully saturated rings. The Morgan fingerprint density at radius 1 is 1.67 bits per heavy atom. The van der Waals surface area contributed by atoms with Crippen LogP contribution in [0.3, 0.4) is 0 Å². The monoisotopic (exact) mass is 263 g/mol. The van der Waals surface area contributed by atoms with E-state index in [0.29, 0.717) is 11.9 Å². The van der Waals surface area contributed by atoms with Crippen LogP contribution in [0.2, 0.25) is 6.32 Å². The van der Waals surface area contributed by atoms with Gasteiger partial charge in [0.25, 0.3) is 6.71 Å². The molecule has 18 heavy (non-hydrogen) atoms. The third-order valence-electron chi connectivity index (χ3n) is 2.86. The summed E-state index contributed by atoms with van der Waals surface area (Å²) in [4.78, 5) is 12.1. The first-order valence-corrected chi connectivity index (χ1v) is 6.43. The first-order chi connectivity index (χ1) is 8.63. The van der Waals surface area contributed by atoms with Crippen LogP contribution in [0.4, 0.5) is 4.39 Å². The summed E-state index contributed by atoms with van der Waals surface area (Å²) in [6.07, 6.45) is 0.754. The fourth-order valence-corrected chi connectivity index (χ4v) is 3.04. The van der Waals surface area contributed by atoms with E-state index in [0.717, 1.165) is 22.2 Å². The first kappa shape index (κ1) is 13.0. The number of carbonyl (C=O) groups excluding carboxylic acids is 1. The van der Waals surface area contributed by atoms with Crippen LogP contribution in [0.5, 0.6) is 0 Å². The Hall–Kier alpha value is -1.48. The highest BCUT2D eigenvalue weighted by Gasteiger charge is 2.27. The second-order valence-corrected chi connectivity index (χ2v) is 5.29. The number of nitrogens with zero attached hydrogens (tertiary/aromatic N) is 1. The molecule has 1 unspecified atom stereocenters. The van der Waals surface area contributed by atoms with Crippen molar-refractivity contribution in [2.45, 2.75) is 23.0 Å². The summed E-state index contributed by atoms with van der Waals surface area (Å²) in [5.74, 6) is 1.68. The van der Waals surface area contributed by atoms with Gasteiger partial charge >= 0.3 is 5.97 Å². The number of methoxy groups -OCH3 is 1. The van der Waals surface area contributed by atoms with Gasteiger partial charge in [0.1, 0.15) is 5.50 Å². The zero-order valence-corrected chi connectivity index (χ0v) is 10.7. The van der Waals surface area contributed by atoms with Crippen molar-refractivity contribution in [3.05, 3.63) is 29.3 Å². The van der Waals surface area contributed by atoms with Gasteiger partial charge in [-0.3, -0.25) is 0 Å². The number of carbonyl (C=O) groups is 1. The van der Waals surface area contributed by atoms with Gasteiger partial charge in [-0.25, -0.2) is 14.4 Å². The number of benzene rings is 1. The minimum Gasteiger partial charge on any atom is -0.465 e. The molecule has 0 aromatic heterocycles. The lowest BCUT2D eigenvalue weighted by atomic mass is 9.46. The van der Waals surface area contributed by atoms with E-state index in [1.807, 2.05) is 0 Å². The lowest BCUT2D eigenvalue weighted by molar-refractivity contribution is 0.0600. The predicted molar refractivity (Wildman–Crippen MR) is 68.4 cm³/mol. The molecule has 0 saturated carbocycles. The molecule has 0 spiro atoms. The average Bonchev–Trinajstić information content (AvgIpc) is 2.54. The van der Waals surface area contributed by atoms with E-state index >= 15 is 0 Å². The van der Waals surface area contributed by atoms with E-state index in [9.17, 15) is 9.18 Å². The summed E-state index contributed by atoms with van der Waals surface area (Å²) in [6, 6.07) is 5.06. The van der Waals surface area contributed by atoms with Gasteiger partial charge in [-0.05, 0) is 30.3 Å². The molecular weight excluding hydrogens is 252 g/mol. The highest BCUT2D eigenvalue weighted by atomic mass is 32.2. The number of esters is 1. The SMILES string of the molecule is COC(=O)c1ccc2c(c1)SC(F)CB(C#N)C2. The first-order valence-electron chi connectivity index (χ1n) is 5.55. The van der Waals surface area contributed by atoms with E-state index < -0.39 is 11.5 Å². The number of rotatable bonds is 1. The number of thioether (sulfide) groups is 1. The lowest BCUT2D eigenvalue weighted by Crippen LogP contribution is -2.16. The van der Waals surface area contributed by atoms with Crippen molar-refractivity contribution in [3.8, 4) is 5.97 Å². The summed E-state index contributed by atoms with van der Waals surface area (Å²) >= 11 is 1.07.